The SMILES string of the molecule is Cc1c(-c2ccccc2)nc2ccccc2c1C(=O)OCCCc1nc(-c2cccnc2)no1. The highest BCUT2D eigenvalue weighted by Crippen LogP contribution is 2.30. The largest absolute Gasteiger partial charge is 0.462 e. The predicted molar refractivity (Wildman–Crippen MR) is 128 cm³/mol. The molecule has 0 saturated heterocycles. The number of para-hydroxylation sites is 1. The lowest BCUT2D eigenvalue weighted by atomic mass is 9.98. The fraction of sp³-hybridized carbons (Fsp3) is 0.148. The predicted octanol–water partition coefficient (Wildman–Crippen LogP) is 5.44. The number of carbonyl (C=O) groups is 1. The standard InChI is InChI=1S/C27H22N4O3/c1-18-24(21-12-5-6-13-22(21)29-25(18)19-9-3-2-4-10-19)27(32)33-16-8-14-23-30-26(31-34-23)20-11-7-15-28-17-20/h2-7,9-13,15,17H,8,14,16H2,1H3. The number of nitrogens with zero attached hydrogens (tertiary/aromatic N) is 4. The van der Waals surface area contributed by atoms with Gasteiger partial charge >= 0.3 is 5.97 Å². The lowest BCUT2D eigenvalue weighted by Gasteiger charge is -2.14. The number of aromatic nitrogens is 4. The van der Waals surface area contributed by atoms with E-state index in [2.05, 4.69) is 15.1 Å². The first-order chi connectivity index (χ1) is 16.7. The number of aryl methyl sites for hydroxylation is 1. The van der Waals surface area contributed by atoms with E-state index in [9.17, 15) is 4.79 Å². The number of rotatable bonds is 7. The van der Waals surface area contributed by atoms with Crippen molar-refractivity contribution in [2.45, 2.75) is 19.8 Å². The Balaban J connectivity index is 1.30. The van der Waals surface area contributed by atoms with Crippen LogP contribution in [0.1, 0.15) is 28.2 Å². The average Bonchev–Trinajstić information content (AvgIpc) is 3.36. The van der Waals surface area contributed by atoms with Crippen molar-refractivity contribution in [3.05, 3.63) is 96.1 Å². The minimum absolute atomic E-state index is 0.236. The smallest absolute Gasteiger partial charge is 0.339 e. The molecule has 168 valence electrons. The molecule has 0 unspecified atom stereocenters. The van der Waals surface area contributed by atoms with E-state index in [1.165, 1.54) is 0 Å². The zero-order valence-corrected chi connectivity index (χ0v) is 18.6. The van der Waals surface area contributed by atoms with Crippen LogP contribution in [-0.2, 0) is 11.2 Å². The first-order valence-corrected chi connectivity index (χ1v) is 11.1. The van der Waals surface area contributed by atoms with Gasteiger partial charge in [-0.3, -0.25) is 4.98 Å². The number of esters is 1. The number of fused-ring (bicyclic) bond motifs is 1. The minimum Gasteiger partial charge on any atom is -0.462 e. The molecule has 0 aliphatic carbocycles. The topological polar surface area (TPSA) is 91.0 Å². The van der Waals surface area contributed by atoms with Gasteiger partial charge in [-0.05, 0) is 37.1 Å². The lowest BCUT2D eigenvalue weighted by Crippen LogP contribution is -2.11. The van der Waals surface area contributed by atoms with Gasteiger partial charge in [0.2, 0.25) is 11.7 Å². The Morgan fingerprint density at radius 2 is 1.74 bits per heavy atom. The van der Waals surface area contributed by atoms with Crippen LogP contribution < -0.4 is 0 Å². The van der Waals surface area contributed by atoms with Crippen LogP contribution in [0.2, 0.25) is 0 Å². The minimum atomic E-state index is -0.366. The van der Waals surface area contributed by atoms with Crippen molar-refractivity contribution in [3.8, 4) is 22.6 Å². The molecule has 0 aliphatic heterocycles. The average molecular weight is 450 g/mol. The highest BCUT2D eigenvalue weighted by atomic mass is 16.5. The maximum absolute atomic E-state index is 13.2. The third-order valence-corrected chi connectivity index (χ3v) is 5.54. The van der Waals surface area contributed by atoms with Gasteiger partial charge in [-0.15, -0.1) is 0 Å². The summed E-state index contributed by atoms with van der Waals surface area (Å²) in [7, 11) is 0. The molecule has 0 saturated carbocycles. The molecule has 0 aliphatic rings. The Labute approximate surface area is 196 Å². The van der Waals surface area contributed by atoms with Gasteiger partial charge in [0.25, 0.3) is 0 Å². The second-order valence-electron chi connectivity index (χ2n) is 7.84. The van der Waals surface area contributed by atoms with Crippen molar-refractivity contribution in [1.82, 2.24) is 20.1 Å². The molecule has 0 fully saturated rings. The molecule has 7 heteroatoms. The summed E-state index contributed by atoms with van der Waals surface area (Å²) in [6, 6.07) is 21.2. The van der Waals surface area contributed by atoms with Crippen molar-refractivity contribution in [1.29, 1.82) is 0 Å². The quantitative estimate of drug-likeness (QED) is 0.241. The third kappa shape index (κ3) is 4.41. The maximum atomic E-state index is 13.2. The number of pyridine rings is 2. The van der Waals surface area contributed by atoms with Crippen LogP contribution in [0.3, 0.4) is 0 Å². The second-order valence-corrected chi connectivity index (χ2v) is 7.84. The van der Waals surface area contributed by atoms with Crippen LogP contribution in [0.4, 0.5) is 0 Å². The molecule has 3 aromatic heterocycles. The van der Waals surface area contributed by atoms with Crippen molar-refractivity contribution in [2.24, 2.45) is 0 Å². The summed E-state index contributed by atoms with van der Waals surface area (Å²) in [4.78, 5) is 26.4. The lowest BCUT2D eigenvalue weighted by molar-refractivity contribution is 0.0500. The van der Waals surface area contributed by atoms with Gasteiger partial charge in [0.15, 0.2) is 0 Å². The first kappa shape index (κ1) is 21.5. The highest BCUT2D eigenvalue weighted by molar-refractivity contribution is 6.06. The van der Waals surface area contributed by atoms with Crippen LogP contribution in [-0.4, -0.2) is 32.7 Å². The number of carbonyl (C=O) groups excluding carboxylic acids is 1. The monoisotopic (exact) mass is 450 g/mol. The van der Waals surface area contributed by atoms with Crippen LogP contribution >= 0.6 is 0 Å². The Kier molecular flexibility index (Phi) is 6.07. The summed E-state index contributed by atoms with van der Waals surface area (Å²) >= 11 is 0. The van der Waals surface area contributed by atoms with Crippen LogP contribution in [0.15, 0.2) is 83.6 Å². The van der Waals surface area contributed by atoms with Crippen molar-refractivity contribution in [2.75, 3.05) is 6.61 Å². The second kappa shape index (κ2) is 9.62. The fourth-order valence-corrected chi connectivity index (χ4v) is 3.88. The summed E-state index contributed by atoms with van der Waals surface area (Å²) in [5, 5.41) is 4.77. The fourth-order valence-electron chi connectivity index (χ4n) is 3.88. The number of hydrogen-bond donors (Lipinski definition) is 0. The van der Waals surface area contributed by atoms with Crippen LogP contribution in [0.5, 0.6) is 0 Å². The third-order valence-electron chi connectivity index (χ3n) is 5.54. The molecule has 0 amide bonds. The Morgan fingerprint density at radius 1 is 0.941 bits per heavy atom. The van der Waals surface area contributed by atoms with E-state index in [0.29, 0.717) is 30.1 Å². The molecule has 7 nitrogen and oxygen atoms in total. The van der Waals surface area contributed by atoms with E-state index in [-0.39, 0.29) is 12.6 Å². The van der Waals surface area contributed by atoms with Crippen LogP contribution in [0.25, 0.3) is 33.5 Å². The molecule has 0 atom stereocenters. The van der Waals surface area contributed by atoms with Crippen LogP contribution in [0, 0.1) is 6.92 Å². The van der Waals surface area contributed by atoms with E-state index >= 15 is 0 Å². The highest BCUT2D eigenvalue weighted by Gasteiger charge is 2.20. The maximum Gasteiger partial charge on any atom is 0.339 e. The van der Waals surface area contributed by atoms with Gasteiger partial charge in [0.05, 0.1) is 23.4 Å². The van der Waals surface area contributed by atoms with Gasteiger partial charge < -0.3 is 9.26 Å². The Hall–Kier alpha value is -4.39. The van der Waals surface area contributed by atoms with Crippen molar-refractivity contribution >= 4 is 16.9 Å². The molecular formula is C27H22N4O3. The van der Waals surface area contributed by atoms with E-state index in [0.717, 1.165) is 33.3 Å². The molecule has 34 heavy (non-hydrogen) atoms. The van der Waals surface area contributed by atoms with Gasteiger partial charge in [-0.2, -0.15) is 4.98 Å². The van der Waals surface area contributed by atoms with E-state index in [4.69, 9.17) is 14.2 Å². The molecule has 5 aromatic rings. The molecule has 0 N–H and O–H groups in total. The van der Waals surface area contributed by atoms with E-state index < -0.39 is 0 Å². The molecule has 2 aromatic carbocycles. The zero-order chi connectivity index (χ0) is 23.3. The summed E-state index contributed by atoms with van der Waals surface area (Å²) in [6.07, 6.45) is 4.44. The van der Waals surface area contributed by atoms with E-state index in [1.54, 1.807) is 12.4 Å². The first-order valence-electron chi connectivity index (χ1n) is 11.1. The van der Waals surface area contributed by atoms with Crippen molar-refractivity contribution in [3.63, 3.8) is 0 Å². The summed E-state index contributed by atoms with van der Waals surface area (Å²) in [5.41, 5.74) is 4.63. The van der Waals surface area contributed by atoms with E-state index in [1.807, 2.05) is 73.7 Å². The molecule has 0 bridgehead atoms. The Morgan fingerprint density at radius 3 is 2.56 bits per heavy atom. The molecule has 3 heterocycles. The number of hydrogen-bond acceptors (Lipinski definition) is 7. The van der Waals surface area contributed by atoms with Gasteiger partial charge in [0.1, 0.15) is 0 Å². The van der Waals surface area contributed by atoms with Gasteiger partial charge in [-0.25, -0.2) is 9.78 Å². The van der Waals surface area contributed by atoms with Crippen molar-refractivity contribution < 1.29 is 14.1 Å². The normalized spacial score (nSPS) is 11.0. The Bertz CT molecular complexity index is 1430. The molecule has 5 rings (SSSR count). The molecular weight excluding hydrogens is 428 g/mol. The zero-order valence-electron chi connectivity index (χ0n) is 18.6. The number of ether oxygens (including phenoxy) is 1. The van der Waals surface area contributed by atoms with Gasteiger partial charge in [-0.1, -0.05) is 53.7 Å². The molecule has 0 radical (unpaired) electrons. The summed E-state index contributed by atoms with van der Waals surface area (Å²) < 4.78 is 11.0. The summed E-state index contributed by atoms with van der Waals surface area (Å²) in [5.74, 6) is 0.620. The summed E-state index contributed by atoms with van der Waals surface area (Å²) in [6.45, 7) is 2.15. The van der Waals surface area contributed by atoms with Gasteiger partial charge in [0, 0.05) is 35.3 Å². The molecule has 0 spiro atoms. The number of benzene rings is 2.